The number of hydrogen-bond donors (Lipinski definition) is 0. The van der Waals surface area contributed by atoms with Crippen LogP contribution in [0.15, 0.2) is 0 Å². The molecule has 0 saturated heterocycles. The van der Waals surface area contributed by atoms with E-state index in [4.69, 9.17) is 4.52 Å². The summed E-state index contributed by atoms with van der Waals surface area (Å²) < 4.78 is 5.11. The molecule has 1 unspecified atom stereocenters. The van der Waals surface area contributed by atoms with E-state index in [1.54, 1.807) is 0 Å². The van der Waals surface area contributed by atoms with Gasteiger partial charge in [0.1, 0.15) is 0 Å². The molecule has 2 heteroatoms. The first kappa shape index (κ1) is 7.50. The second-order valence-electron chi connectivity index (χ2n) is 2.66. The average Bonchev–Trinajstić information content (AvgIpc) is 1.91. The van der Waals surface area contributed by atoms with Gasteiger partial charge in [-0.25, -0.2) is 0 Å². The molecule has 0 heterocycles. The maximum atomic E-state index is 5.11. The lowest BCUT2D eigenvalue weighted by atomic mass is 10.0. The lowest BCUT2D eigenvalue weighted by Crippen LogP contribution is -2.06. The van der Waals surface area contributed by atoms with E-state index >= 15 is 0 Å². The average molecular weight is 146 g/mol. The van der Waals surface area contributed by atoms with Crippen LogP contribution in [-0.2, 0) is 4.52 Å². The Labute approximate surface area is 59.0 Å². The second-order valence-corrected chi connectivity index (χ2v) is 4.12. The molecule has 1 fully saturated rings. The van der Waals surface area contributed by atoms with Crippen molar-refractivity contribution in [2.75, 3.05) is 7.11 Å². The van der Waals surface area contributed by atoms with Gasteiger partial charge in [0, 0.05) is 21.6 Å². The third-order valence-corrected chi connectivity index (χ3v) is 3.04. The van der Waals surface area contributed by atoms with Crippen molar-refractivity contribution in [2.24, 2.45) is 0 Å². The molecule has 0 aromatic rings. The van der Waals surface area contributed by atoms with E-state index in [-0.39, 0.29) is 0 Å². The summed E-state index contributed by atoms with van der Waals surface area (Å²) in [6.07, 6.45) is 7.13. The summed E-state index contributed by atoms with van der Waals surface area (Å²) >= 11 is 0. The van der Waals surface area contributed by atoms with E-state index in [2.05, 4.69) is 0 Å². The van der Waals surface area contributed by atoms with Crippen molar-refractivity contribution in [1.29, 1.82) is 0 Å². The van der Waals surface area contributed by atoms with Crippen LogP contribution in [0, 0.1) is 0 Å². The molecule has 0 spiro atoms. The zero-order chi connectivity index (χ0) is 6.53. The van der Waals surface area contributed by atoms with Gasteiger partial charge in [0.25, 0.3) is 0 Å². The molecule has 1 saturated carbocycles. The summed E-state index contributed by atoms with van der Waals surface area (Å²) in [7, 11) is 2.58. The Balaban J connectivity index is 2.08. The smallest absolute Gasteiger partial charge is 0.0394 e. The summed E-state index contributed by atoms with van der Waals surface area (Å²) in [5.41, 5.74) is 0.906. The standard InChI is InChI=1S/C7H15OP/c1-8-9-7-5-3-2-4-6-7/h7,9H,2-6H2,1H3. The van der Waals surface area contributed by atoms with Crippen molar-refractivity contribution in [1.82, 2.24) is 0 Å². The molecule has 1 nitrogen and oxygen atoms in total. The third-order valence-electron chi connectivity index (χ3n) is 1.89. The molecule has 0 radical (unpaired) electrons. The van der Waals surface area contributed by atoms with E-state index in [0.29, 0.717) is 0 Å². The molecule has 54 valence electrons. The van der Waals surface area contributed by atoms with Crippen LogP contribution < -0.4 is 0 Å². The Morgan fingerprint density at radius 1 is 1.22 bits per heavy atom. The lowest BCUT2D eigenvalue weighted by Gasteiger charge is -2.19. The van der Waals surface area contributed by atoms with Crippen LogP contribution in [0.25, 0.3) is 0 Å². The van der Waals surface area contributed by atoms with E-state index in [1.165, 1.54) is 32.1 Å². The van der Waals surface area contributed by atoms with Gasteiger partial charge in [-0.1, -0.05) is 19.3 Å². The lowest BCUT2D eigenvalue weighted by molar-refractivity contribution is 0.440. The second kappa shape index (κ2) is 4.24. The monoisotopic (exact) mass is 146 g/mol. The highest BCUT2D eigenvalue weighted by Gasteiger charge is 2.12. The fourth-order valence-electron chi connectivity index (χ4n) is 1.39. The molecule has 1 atom stereocenters. The Kier molecular flexibility index (Phi) is 3.54. The van der Waals surface area contributed by atoms with Crippen LogP contribution in [-0.4, -0.2) is 12.8 Å². The summed E-state index contributed by atoms with van der Waals surface area (Å²) in [5, 5.41) is 0. The first-order valence-corrected chi connectivity index (χ1v) is 4.70. The highest BCUT2D eigenvalue weighted by Crippen LogP contribution is 2.32. The van der Waals surface area contributed by atoms with E-state index in [0.717, 1.165) is 14.5 Å². The van der Waals surface area contributed by atoms with Crippen LogP contribution in [0.5, 0.6) is 0 Å². The molecule has 0 N–H and O–H groups in total. The van der Waals surface area contributed by atoms with Crippen molar-refractivity contribution >= 4 is 8.81 Å². The summed E-state index contributed by atoms with van der Waals surface area (Å²) in [6, 6.07) is 0. The van der Waals surface area contributed by atoms with Gasteiger partial charge in [0.05, 0.1) is 0 Å². The predicted molar refractivity (Wildman–Crippen MR) is 42.2 cm³/mol. The van der Waals surface area contributed by atoms with Crippen LogP contribution in [0.1, 0.15) is 32.1 Å². The molecule has 1 rings (SSSR count). The zero-order valence-electron chi connectivity index (χ0n) is 6.02. The molecule has 9 heavy (non-hydrogen) atoms. The molecule has 1 aliphatic carbocycles. The van der Waals surface area contributed by atoms with Gasteiger partial charge in [-0.2, -0.15) is 0 Å². The van der Waals surface area contributed by atoms with Crippen LogP contribution in [0.2, 0.25) is 0 Å². The van der Waals surface area contributed by atoms with Crippen LogP contribution in [0.4, 0.5) is 0 Å². The van der Waals surface area contributed by atoms with E-state index in [9.17, 15) is 0 Å². The molecule has 1 aliphatic rings. The van der Waals surface area contributed by atoms with Gasteiger partial charge in [-0.3, -0.25) is 0 Å². The van der Waals surface area contributed by atoms with Crippen molar-refractivity contribution in [3.05, 3.63) is 0 Å². The van der Waals surface area contributed by atoms with Gasteiger partial charge in [-0.15, -0.1) is 0 Å². The Hall–Kier alpha value is 0.390. The van der Waals surface area contributed by atoms with Gasteiger partial charge < -0.3 is 4.52 Å². The fourth-order valence-corrected chi connectivity index (χ4v) is 2.36. The maximum Gasteiger partial charge on any atom is 0.0394 e. The Morgan fingerprint density at radius 3 is 2.44 bits per heavy atom. The first-order valence-electron chi connectivity index (χ1n) is 3.72. The Morgan fingerprint density at radius 2 is 1.89 bits per heavy atom. The van der Waals surface area contributed by atoms with Crippen molar-refractivity contribution in [3.8, 4) is 0 Å². The predicted octanol–water partition coefficient (Wildman–Crippen LogP) is 2.56. The number of rotatable bonds is 2. The minimum Gasteiger partial charge on any atom is -0.365 e. The quantitative estimate of drug-likeness (QED) is 0.544. The summed E-state index contributed by atoms with van der Waals surface area (Å²) in [4.78, 5) is 0. The minimum atomic E-state index is 0.764. The van der Waals surface area contributed by atoms with Gasteiger partial charge in [0.2, 0.25) is 0 Å². The summed E-state index contributed by atoms with van der Waals surface area (Å²) in [6.45, 7) is 0. The Bertz CT molecular complexity index is 66.6. The first-order chi connectivity index (χ1) is 4.43. The molecule has 0 aromatic carbocycles. The fraction of sp³-hybridized carbons (Fsp3) is 1.00. The van der Waals surface area contributed by atoms with Crippen LogP contribution >= 0.6 is 8.81 Å². The van der Waals surface area contributed by atoms with Crippen molar-refractivity contribution in [2.45, 2.75) is 37.8 Å². The zero-order valence-corrected chi connectivity index (χ0v) is 7.02. The molecule has 0 aromatic heterocycles. The van der Waals surface area contributed by atoms with E-state index in [1.807, 2.05) is 7.11 Å². The summed E-state index contributed by atoms with van der Waals surface area (Å²) in [5.74, 6) is 0. The number of hydrogen-bond acceptors (Lipinski definition) is 1. The molecular weight excluding hydrogens is 131 g/mol. The van der Waals surface area contributed by atoms with Crippen LogP contribution in [0.3, 0.4) is 0 Å². The minimum absolute atomic E-state index is 0.764. The van der Waals surface area contributed by atoms with Gasteiger partial charge in [-0.05, 0) is 12.8 Å². The molecule has 0 bridgehead atoms. The molecule has 0 amide bonds. The largest absolute Gasteiger partial charge is 0.365 e. The highest BCUT2D eigenvalue weighted by atomic mass is 31.1. The molecule has 0 aliphatic heterocycles. The SMILES string of the molecule is COPC1CCCCC1. The molecular formula is C7H15OP. The van der Waals surface area contributed by atoms with Crippen molar-refractivity contribution < 1.29 is 4.52 Å². The highest BCUT2D eigenvalue weighted by molar-refractivity contribution is 7.33. The maximum absolute atomic E-state index is 5.11. The topological polar surface area (TPSA) is 9.23 Å². The van der Waals surface area contributed by atoms with Crippen molar-refractivity contribution in [3.63, 3.8) is 0 Å². The van der Waals surface area contributed by atoms with Gasteiger partial charge >= 0.3 is 0 Å². The normalized spacial score (nSPS) is 23.7. The van der Waals surface area contributed by atoms with Gasteiger partial charge in [0.15, 0.2) is 0 Å². The van der Waals surface area contributed by atoms with E-state index < -0.39 is 0 Å². The third kappa shape index (κ3) is 2.64.